The molecule has 2 saturated carbocycles. The molecule has 3 heteroatoms. The molecule has 2 aliphatic rings. The highest BCUT2D eigenvalue weighted by atomic mass is 16.2. The number of nitrogens with two attached hydrogens (primary N) is 1. The van der Waals surface area contributed by atoms with Crippen LogP contribution in [0.3, 0.4) is 0 Å². The van der Waals surface area contributed by atoms with Gasteiger partial charge in [-0.2, -0.15) is 0 Å². The quantitative estimate of drug-likeness (QED) is 0.817. The van der Waals surface area contributed by atoms with E-state index in [0.717, 1.165) is 38.1 Å². The van der Waals surface area contributed by atoms with Gasteiger partial charge in [0.05, 0.1) is 0 Å². The molecule has 0 aromatic heterocycles. The summed E-state index contributed by atoms with van der Waals surface area (Å²) in [7, 11) is 1.95. The average molecular weight is 252 g/mol. The van der Waals surface area contributed by atoms with Crippen LogP contribution in [0.15, 0.2) is 0 Å². The minimum atomic E-state index is 0.334. The number of nitrogens with zero attached hydrogens (tertiary/aromatic N) is 1. The lowest BCUT2D eigenvalue weighted by atomic mass is 9.80. The predicted octanol–water partition coefficient (Wildman–Crippen LogP) is 2.54. The van der Waals surface area contributed by atoms with Crippen LogP contribution >= 0.6 is 0 Å². The van der Waals surface area contributed by atoms with Crippen LogP contribution in [0.2, 0.25) is 0 Å². The molecule has 18 heavy (non-hydrogen) atoms. The molecule has 0 heterocycles. The summed E-state index contributed by atoms with van der Waals surface area (Å²) in [5.41, 5.74) is 5.77. The van der Waals surface area contributed by atoms with Gasteiger partial charge in [0, 0.05) is 26.1 Å². The normalized spacial score (nSPS) is 28.8. The maximum Gasteiger partial charge on any atom is 0.222 e. The summed E-state index contributed by atoms with van der Waals surface area (Å²) in [5, 5.41) is 0. The molecule has 0 atom stereocenters. The molecule has 0 spiro atoms. The second-order valence-electron chi connectivity index (χ2n) is 6.41. The lowest BCUT2D eigenvalue weighted by molar-refractivity contribution is -0.131. The standard InChI is InChI=1S/C15H28N2O/c1-17(11-13-9-14(16)10-13)15(18)8-7-12-5-3-2-4-6-12/h12-14H,2-11,16H2,1H3. The van der Waals surface area contributed by atoms with Gasteiger partial charge in [0.2, 0.25) is 5.91 Å². The highest BCUT2D eigenvalue weighted by Gasteiger charge is 2.28. The number of rotatable bonds is 5. The molecule has 0 aromatic rings. The lowest BCUT2D eigenvalue weighted by Gasteiger charge is -2.35. The van der Waals surface area contributed by atoms with Gasteiger partial charge in [-0.15, -0.1) is 0 Å². The highest BCUT2D eigenvalue weighted by molar-refractivity contribution is 5.75. The predicted molar refractivity (Wildman–Crippen MR) is 74.1 cm³/mol. The smallest absolute Gasteiger partial charge is 0.222 e. The van der Waals surface area contributed by atoms with Crippen LogP contribution in [0.1, 0.15) is 57.8 Å². The van der Waals surface area contributed by atoms with E-state index in [1.165, 1.54) is 32.1 Å². The minimum Gasteiger partial charge on any atom is -0.345 e. The largest absolute Gasteiger partial charge is 0.345 e. The van der Waals surface area contributed by atoms with Crippen molar-refractivity contribution in [2.45, 2.75) is 63.8 Å². The zero-order chi connectivity index (χ0) is 13.0. The van der Waals surface area contributed by atoms with E-state index in [1.54, 1.807) is 0 Å². The fourth-order valence-corrected chi connectivity index (χ4v) is 3.42. The first kappa shape index (κ1) is 13.9. The van der Waals surface area contributed by atoms with E-state index in [1.807, 2.05) is 11.9 Å². The fourth-order valence-electron chi connectivity index (χ4n) is 3.42. The van der Waals surface area contributed by atoms with Crippen LogP contribution in [0.4, 0.5) is 0 Å². The number of carbonyl (C=O) groups excluding carboxylic acids is 1. The van der Waals surface area contributed by atoms with Crippen LogP contribution in [0, 0.1) is 11.8 Å². The van der Waals surface area contributed by atoms with Gasteiger partial charge in [0.1, 0.15) is 0 Å². The van der Waals surface area contributed by atoms with Crippen molar-refractivity contribution < 1.29 is 4.79 Å². The molecule has 2 rings (SSSR count). The van der Waals surface area contributed by atoms with Crippen LogP contribution in [-0.2, 0) is 4.79 Å². The zero-order valence-electron chi connectivity index (χ0n) is 11.7. The van der Waals surface area contributed by atoms with Crippen molar-refractivity contribution in [2.24, 2.45) is 17.6 Å². The molecule has 0 unspecified atom stereocenters. The summed E-state index contributed by atoms with van der Waals surface area (Å²) in [5.74, 6) is 1.80. The highest BCUT2D eigenvalue weighted by Crippen LogP contribution is 2.28. The van der Waals surface area contributed by atoms with Crippen molar-refractivity contribution in [1.82, 2.24) is 4.90 Å². The number of carbonyl (C=O) groups is 1. The molecular formula is C15H28N2O. The van der Waals surface area contributed by atoms with Gasteiger partial charge in [0.25, 0.3) is 0 Å². The van der Waals surface area contributed by atoms with Gasteiger partial charge >= 0.3 is 0 Å². The average Bonchev–Trinajstić information content (AvgIpc) is 2.35. The second-order valence-corrected chi connectivity index (χ2v) is 6.41. The summed E-state index contributed by atoms with van der Waals surface area (Å²) >= 11 is 0. The molecule has 0 radical (unpaired) electrons. The van der Waals surface area contributed by atoms with Crippen molar-refractivity contribution in [1.29, 1.82) is 0 Å². The van der Waals surface area contributed by atoms with Gasteiger partial charge in [-0.25, -0.2) is 0 Å². The summed E-state index contributed by atoms with van der Waals surface area (Å²) in [6.07, 6.45) is 10.9. The number of amides is 1. The van der Waals surface area contributed by atoms with Crippen LogP contribution < -0.4 is 5.73 Å². The summed E-state index contributed by atoms with van der Waals surface area (Å²) in [6, 6.07) is 0.390. The second kappa shape index (κ2) is 6.55. The topological polar surface area (TPSA) is 46.3 Å². The van der Waals surface area contributed by atoms with Gasteiger partial charge < -0.3 is 10.6 Å². The fraction of sp³-hybridized carbons (Fsp3) is 0.933. The Morgan fingerprint density at radius 1 is 1.17 bits per heavy atom. The van der Waals surface area contributed by atoms with E-state index < -0.39 is 0 Å². The van der Waals surface area contributed by atoms with E-state index in [0.29, 0.717) is 17.9 Å². The number of hydrogen-bond donors (Lipinski definition) is 1. The summed E-state index contributed by atoms with van der Waals surface area (Å²) in [4.78, 5) is 14.0. The Bertz CT molecular complexity index is 268. The maximum absolute atomic E-state index is 12.0. The van der Waals surface area contributed by atoms with Crippen molar-refractivity contribution in [2.75, 3.05) is 13.6 Å². The lowest BCUT2D eigenvalue weighted by Crippen LogP contribution is -2.43. The summed E-state index contributed by atoms with van der Waals surface area (Å²) in [6.45, 7) is 0.914. The van der Waals surface area contributed by atoms with Crippen molar-refractivity contribution in [3.8, 4) is 0 Å². The zero-order valence-corrected chi connectivity index (χ0v) is 11.7. The van der Waals surface area contributed by atoms with Crippen molar-refractivity contribution in [3.05, 3.63) is 0 Å². The Labute approximate surface area is 111 Å². The first-order valence-electron chi connectivity index (χ1n) is 7.64. The molecule has 2 aliphatic carbocycles. The minimum absolute atomic E-state index is 0.334. The molecule has 3 nitrogen and oxygen atoms in total. The Balaban J connectivity index is 1.61. The molecule has 0 bridgehead atoms. The van der Waals surface area contributed by atoms with E-state index in [-0.39, 0.29) is 0 Å². The van der Waals surface area contributed by atoms with Gasteiger partial charge in [-0.3, -0.25) is 4.79 Å². The van der Waals surface area contributed by atoms with Crippen molar-refractivity contribution >= 4 is 5.91 Å². The molecule has 2 fully saturated rings. The van der Waals surface area contributed by atoms with E-state index >= 15 is 0 Å². The Kier molecular flexibility index (Phi) is 5.04. The molecule has 2 N–H and O–H groups in total. The van der Waals surface area contributed by atoms with Gasteiger partial charge in [-0.05, 0) is 31.1 Å². The Morgan fingerprint density at radius 3 is 2.44 bits per heavy atom. The monoisotopic (exact) mass is 252 g/mol. The Hall–Kier alpha value is -0.570. The van der Waals surface area contributed by atoms with Crippen LogP contribution in [0.25, 0.3) is 0 Å². The first-order chi connectivity index (χ1) is 8.65. The molecule has 104 valence electrons. The third-order valence-corrected chi connectivity index (χ3v) is 4.72. The first-order valence-corrected chi connectivity index (χ1v) is 7.64. The van der Waals surface area contributed by atoms with Crippen LogP contribution in [-0.4, -0.2) is 30.4 Å². The van der Waals surface area contributed by atoms with E-state index in [4.69, 9.17) is 5.73 Å². The molecule has 1 amide bonds. The SMILES string of the molecule is CN(CC1CC(N)C1)C(=O)CCC1CCCCC1. The van der Waals surface area contributed by atoms with Crippen molar-refractivity contribution in [3.63, 3.8) is 0 Å². The maximum atomic E-state index is 12.0. The van der Waals surface area contributed by atoms with Gasteiger partial charge in [-0.1, -0.05) is 32.1 Å². The van der Waals surface area contributed by atoms with E-state index in [9.17, 15) is 4.79 Å². The van der Waals surface area contributed by atoms with E-state index in [2.05, 4.69) is 0 Å². The third kappa shape index (κ3) is 3.98. The Morgan fingerprint density at radius 2 is 1.83 bits per heavy atom. The molecule has 0 saturated heterocycles. The summed E-state index contributed by atoms with van der Waals surface area (Å²) < 4.78 is 0. The molecule has 0 aliphatic heterocycles. The number of hydrogen-bond acceptors (Lipinski definition) is 2. The van der Waals surface area contributed by atoms with Crippen LogP contribution in [0.5, 0.6) is 0 Å². The molecular weight excluding hydrogens is 224 g/mol. The third-order valence-electron chi connectivity index (χ3n) is 4.72. The van der Waals surface area contributed by atoms with Gasteiger partial charge in [0.15, 0.2) is 0 Å². The molecule has 0 aromatic carbocycles.